The van der Waals surface area contributed by atoms with E-state index in [4.69, 9.17) is 11.6 Å². The highest BCUT2D eigenvalue weighted by molar-refractivity contribution is 8.18. The minimum Gasteiger partial charge on any atom is -0.347 e. The van der Waals surface area contributed by atoms with Gasteiger partial charge in [0.05, 0.1) is 10.6 Å². The van der Waals surface area contributed by atoms with Gasteiger partial charge in [0, 0.05) is 34.2 Å². The molecule has 4 rings (SSSR count). The summed E-state index contributed by atoms with van der Waals surface area (Å²) in [5.74, 6) is -0.133. The molecule has 0 saturated carbocycles. The molecule has 0 unspecified atom stereocenters. The maximum Gasteiger partial charge on any atom is 0.264 e. The van der Waals surface area contributed by atoms with Crippen LogP contribution in [0.2, 0.25) is 5.02 Å². The third kappa shape index (κ3) is 3.40. The first-order chi connectivity index (χ1) is 13.1. The highest BCUT2D eigenvalue weighted by Gasteiger charge is 2.24. The summed E-state index contributed by atoms with van der Waals surface area (Å²) in [5, 5.41) is 5.21. The molecule has 2 aromatic carbocycles. The van der Waals surface area contributed by atoms with Gasteiger partial charge in [-0.3, -0.25) is 4.79 Å². The standard InChI is InChI=1S/C21H18ClN3OS/c1-3-25-12-14(15-7-4-5-10-18(15)25)11-19-20(26)24-21(27-19)23-17-9-6-8-16(22)13(17)2/h4-12H,3H2,1-2H3,(H,23,24,26)/b19-11+. The van der Waals surface area contributed by atoms with Gasteiger partial charge in [0.2, 0.25) is 0 Å². The molecule has 1 aliphatic heterocycles. The lowest BCUT2D eigenvalue weighted by Gasteiger charge is -2.02. The van der Waals surface area contributed by atoms with E-state index in [2.05, 4.69) is 40.1 Å². The maximum atomic E-state index is 12.4. The molecule has 0 aliphatic carbocycles. The number of aryl methyl sites for hydroxylation is 1. The van der Waals surface area contributed by atoms with Crippen LogP contribution < -0.4 is 5.32 Å². The average molecular weight is 396 g/mol. The minimum absolute atomic E-state index is 0.133. The Balaban J connectivity index is 1.69. The molecule has 27 heavy (non-hydrogen) atoms. The van der Waals surface area contributed by atoms with E-state index < -0.39 is 0 Å². The second kappa shape index (κ2) is 7.25. The van der Waals surface area contributed by atoms with Gasteiger partial charge < -0.3 is 9.88 Å². The summed E-state index contributed by atoms with van der Waals surface area (Å²) >= 11 is 7.50. The molecule has 0 spiro atoms. The molecule has 6 heteroatoms. The van der Waals surface area contributed by atoms with E-state index >= 15 is 0 Å². The average Bonchev–Trinajstić information content (AvgIpc) is 3.20. The summed E-state index contributed by atoms with van der Waals surface area (Å²) in [6.07, 6.45) is 4.02. The SMILES string of the molecule is CCn1cc(/C=C2/SC(=Nc3cccc(Cl)c3C)NC2=O)c2ccccc21. The van der Waals surface area contributed by atoms with Gasteiger partial charge in [-0.15, -0.1) is 0 Å². The van der Waals surface area contributed by atoms with Gasteiger partial charge >= 0.3 is 0 Å². The fourth-order valence-electron chi connectivity index (χ4n) is 3.10. The van der Waals surface area contributed by atoms with Crippen LogP contribution in [0.1, 0.15) is 18.1 Å². The van der Waals surface area contributed by atoms with Crippen molar-refractivity contribution >= 4 is 57.1 Å². The van der Waals surface area contributed by atoms with Crippen molar-refractivity contribution in [2.75, 3.05) is 0 Å². The Labute approximate surface area is 166 Å². The minimum atomic E-state index is -0.133. The van der Waals surface area contributed by atoms with Gasteiger partial charge in [0.1, 0.15) is 0 Å². The van der Waals surface area contributed by atoms with Crippen LogP contribution >= 0.6 is 23.4 Å². The molecular weight excluding hydrogens is 378 g/mol. The van der Waals surface area contributed by atoms with Crippen LogP contribution in [0.5, 0.6) is 0 Å². The number of carbonyl (C=O) groups excluding carboxylic acids is 1. The number of nitrogens with zero attached hydrogens (tertiary/aromatic N) is 2. The van der Waals surface area contributed by atoms with Crippen molar-refractivity contribution in [3.05, 3.63) is 69.7 Å². The quantitative estimate of drug-likeness (QED) is 0.594. The first-order valence-corrected chi connectivity index (χ1v) is 9.89. The van der Waals surface area contributed by atoms with Gasteiger partial charge in [-0.05, 0) is 55.4 Å². The normalized spacial score (nSPS) is 17.2. The lowest BCUT2D eigenvalue weighted by Crippen LogP contribution is -2.19. The molecule has 2 heterocycles. The van der Waals surface area contributed by atoms with Crippen LogP contribution in [0.4, 0.5) is 5.69 Å². The van der Waals surface area contributed by atoms with Crippen LogP contribution in [-0.2, 0) is 11.3 Å². The molecule has 3 aromatic rings. The number of halogens is 1. The number of aliphatic imine (C=N–C) groups is 1. The zero-order valence-electron chi connectivity index (χ0n) is 15.0. The van der Waals surface area contributed by atoms with Crippen molar-refractivity contribution in [2.45, 2.75) is 20.4 Å². The summed E-state index contributed by atoms with van der Waals surface area (Å²) in [5.41, 5.74) is 3.85. The van der Waals surface area contributed by atoms with Gasteiger partial charge in [-0.1, -0.05) is 35.9 Å². The van der Waals surface area contributed by atoms with Crippen molar-refractivity contribution in [2.24, 2.45) is 4.99 Å². The third-order valence-electron chi connectivity index (χ3n) is 4.56. The molecule has 1 aromatic heterocycles. The number of nitrogens with one attached hydrogen (secondary N) is 1. The number of benzene rings is 2. The van der Waals surface area contributed by atoms with Gasteiger partial charge in [0.25, 0.3) is 5.91 Å². The highest BCUT2D eigenvalue weighted by Crippen LogP contribution is 2.32. The number of rotatable bonds is 3. The van der Waals surface area contributed by atoms with Crippen molar-refractivity contribution in [3.8, 4) is 0 Å². The number of para-hydroxylation sites is 1. The molecule has 1 amide bonds. The highest BCUT2D eigenvalue weighted by atomic mass is 35.5. The Morgan fingerprint density at radius 3 is 2.85 bits per heavy atom. The Hall–Kier alpha value is -2.50. The topological polar surface area (TPSA) is 46.4 Å². The van der Waals surface area contributed by atoms with Gasteiger partial charge in [-0.2, -0.15) is 0 Å². The molecule has 0 atom stereocenters. The Morgan fingerprint density at radius 2 is 2.04 bits per heavy atom. The lowest BCUT2D eigenvalue weighted by molar-refractivity contribution is -0.115. The predicted octanol–water partition coefficient (Wildman–Crippen LogP) is 5.51. The van der Waals surface area contributed by atoms with E-state index in [1.807, 2.05) is 43.3 Å². The number of carbonyl (C=O) groups is 1. The molecule has 136 valence electrons. The number of amides is 1. The van der Waals surface area contributed by atoms with Crippen LogP contribution in [0.3, 0.4) is 0 Å². The lowest BCUT2D eigenvalue weighted by atomic mass is 10.1. The predicted molar refractivity (Wildman–Crippen MR) is 115 cm³/mol. The van der Waals surface area contributed by atoms with E-state index in [0.717, 1.165) is 28.7 Å². The number of thioether (sulfide) groups is 1. The zero-order valence-corrected chi connectivity index (χ0v) is 16.6. The molecule has 4 nitrogen and oxygen atoms in total. The molecule has 1 N–H and O–H groups in total. The van der Waals surface area contributed by atoms with Crippen molar-refractivity contribution in [1.82, 2.24) is 9.88 Å². The molecule has 0 bridgehead atoms. The van der Waals surface area contributed by atoms with Crippen LogP contribution in [0.25, 0.3) is 17.0 Å². The van der Waals surface area contributed by atoms with Crippen molar-refractivity contribution < 1.29 is 4.79 Å². The Bertz CT molecular complexity index is 1110. The van der Waals surface area contributed by atoms with E-state index in [9.17, 15) is 4.79 Å². The fraction of sp³-hybridized carbons (Fsp3) is 0.143. The van der Waals surface area contributed by atoms with Gasteiger partial charge in [-0.25, -0.2) is 4.99 Å². The summed E-state index contributed by atoms with van der Waals surface area (Å²) in [6, 6.07) is 13.8. The molecular formula is C21H18ClN3OS. The third-order valence-corrected chi connectivity index (χ3v) is 5.88. The summed E-state index contributed by atoms with van der Waals surface area (Å²) in [4.78, 5) is 17.6. The summed E-state index contributed by atoms with van der Waals surface area (Å²) in [7, 11) is 0. The maximum absolute atomic E-state index is 12.4. The Kier molecular flexibility index (Phi) is 4.81. The molecule has 0 radical (unpaired) electrons. The van der Waals surface area contributed by atoms with Crippen molar-refractivity contribution in [1.29, 1.82) is 0 Å². The monoisotopic (exact) mass is 395 g/mol. The summed E-state index contributed by atoms with van der Waals surface area (Å²) < 4.78 is 2.18. The Morgan fingerprint density at radius 1 is 1.22 bits per heavy atom. The number of aromatic nitrogens is 1. The first-order valence-electron chi connectivity index (χ1n) is 8.69. The first kappa shape index (κ1) is 17.9. The van der Waals surface area contributed by atoms with Crippen LogP contribution in [-0.4, -0.2) is 15.6 Å². The van der Waals surface area contributed by atoms with Gasteiger partial charge in [0.15, 0.2) is 5.17 Å². The van der Waals surface area contributed by atoms with E-state index in [0.29, 0.717) is 15.1 Å². The second-order valence-corrected chi connectivity index (χ2v) is 7.69. The van der Waals surface area contributed by atoms with Crippen molar-refractivity contribution in [3.63, 3.8) is 0 Å². The summed E-state index contributed by atoms with van der Waals surface area (Å²) in [6.45, 7) is 4.90. The zero-order chi connectivity index (χ0) is 19.0. The van der Waals surface area contributed by atoms with E-state index in [1.165, 1.54) is 17.3 Å². The molecule has 1 saturated heterocycles. The smallest absolute Gasteiger partial charge is 0.264 e. The van der Waals surface area contributed by atoms with Crippen LogP contribution in [0, 0.1) is 6.92 Å². The number of hydrogen-bond donors (Lipinski definition) is 1. The second-order valence-electron chi connectivity index (χ2n) is 6.25. The molecule has 1 fully saturated rings. The van der Waals surface area contributed by atoms with Crippen LogP contribution in [0.15, 0.2) is 58.6 Å². The number of hydrogen-bond acceptors (Lipinski definition) is 3. The fourth-order valence-corrected chi connectivity index (χ4v) is 4.10. The largest absolute Gasteiger partial charge is 0.347 e. The number of amidine groups is 1. The number of fused-ring (bicyclic) bond motifs is 1. The molecule has 1 aliphatic rings. The van der Waals surface area contributed by atoms with E-state index in [-0.39, 0.29) is 5.91 Å². The van der Waals surface area contributed by atoms with E-state index in [1.54, 1.807) is 0 Å².